The first kappa shape index (κ1) is 22.2. The second-order valence-electron chi connectivity index (χ2n) is 7.23. The average molecular weight is 488 g/mol. The summed E-state index contributed by atoms with van der Waals surface area (Å²) in [5.41, 5.74) is 6.13. The third kappa shape index (κ3) is 6.00. The molecule has 3 aromatic rings. The molecule has 0 saturated carbocycles. The fourth-order valence-corrected chi connectivity index (χ4v) is 3.67. The van der Waals surface area contributed by atoms with Crippen LogP contribution < -0.4 is 15.4 Å². The maximum atomic E-state index is 12.3. The predicted octanol–water partition coefficient (Wildman–Crippen LogP) is 6.66. The third-order valence-corrected chi connectivity index (χ3v) is 5.56. The Labute approximate surface area is 190 Å². The fourth-order valence-electron chi connectivity index (χ4n) is 2.95. The molecule has 3 aromatic carbocycles. The van der Waals surface area contributed by atoms with Crippen LogP contribution >= 0.6 is 27.5 Å². The Morgan fingerprint density at radius 1 is 0.967 bits per heavy atom. The van der Waals surface area contributed by atoms with Gasteiger partial charge in [0.2, 0.25) is 0 Å². The van der Waals surface area contributed by atoms with E-state index in [4.69, 9.17) is 16.3 Å². The summed E-state index contributed by atoms with van der Waals surface area (Å²) in [6, 6.07) is 17.5. The molecule has 0 aliphatic carbocycles. The normalized spacial score (nSPS) is 10.6. The topological polar surface area (TPSA) is 50.4 Å². The number of halogens is 2. The van der Waals surface area contributed by atoms with Gasteiger partial charge in [0, 0.05) is 22.9 Å². The van der Waals surface area contributed by atoms with Crippen LogP contribution in [0.3, 0.4) is 0 Å². The van der Waals surface area contributed by atoms with Crippen molar-refractivity contribution in [1.29, 1.82) is 0 Å². The zero-order valence-electron chi connectivity index (χ0n) is 17.2. The van der Waals surface area contributed by atoms with Gasteiger partial charge in [-0.3, -0.25) is 4.79 Å². The Morgan fingerprint density at radius 2 is 1.70 bits per heavy atom. The van der Waals surface area contributed by atoms with Gasteiger partial charge in [0.25, 0.3) is 5.91 Å². The van der Waals surface area contributed by atoms with E-state index in [1.807, 2.05) is 75.4 Å². The molecule has 0 aliphatic rings. The Bertz CT molecular complexity index is 1070. The predicted molar refractivity (Wildman–Crippen MR) is 128 cm³/mol. The van der Waals surface area contributed by atoms with Crippen LogP contribution in [-0.2, 0) is 11.3 Å². The van der Waals surface area contributed by atoms with Gasteiger partial charge >= 0.3 is 0 Å². The Morgan fingerprint density at radius 3 is 2.47 bits per heavy atom. The lowest BCUT2D eigenvalue weighted by molar-refractivity contribution is -0.118. The zero-order chi connectivity index (χ0) is 21.7. The summed E-state index contributed by atoms with van der Waals surface area (Å²) in [5.74, 6) is 0.423. The van der Waals surface area contributed by atoms with Crippen LogP contribution in [0.5, 0.6) is 5.75 Å². The zero-order valence-corrected chi connectivity index (χ0v) is 19.5. The van der Waals surface area contributed by atoms with Crippen LogP contribution in [0.4, 0.5) is 11.4 Å². The number of hydrogen-bond acceptors (Lipinski definition) is 3. The van der Waals surface area contributed by atoms with E-state index in [2.05, 4.69) is 26.6 Å². The monoisotopic (exact) mass is 486 g/mol. The first-order valence-corrected chi connectivity index (χ1v) is 10.8. The second-order valence-corrected chi connectivity index (χ2v) is 8.52. The molecule has 6 heteroatoms. The summed E-state index contributed by atoms with van der Waals surface area (Å²) in [4.78, 5) is 12.3. The largest absolute Gasteiger partial charge is 0.483 e. The molecular formula is C24H24BrClN2O2. The SMILES string of the molecule is Cc1ccc(C)c(NC(=O)COc2ccc(CNc3cc(Cl)ccc3C)cc2Br)c1. The highest BCUT2D eigenvalue weighted by Crippen LogP contribution is 2.27. The first-order chi connectivity index (χ1) is 14.3. The Kier molecular flexibility index (Phi) is 7.40. The van der Waals surface area contributed by atoms with Gasteiger partial charge in [-0.05, 0) is 89.3 Å². The molecule has 0 aliphatic heterocycles. The molecule has 0 unspecified atom stereocenters. The molecule has 1 amide bonds. The molecule has 0 bridgehead atoms. The smallest absolute Gasteiger partial charge is 0.262 e. The second kappa shape index (κ2) is 10.0. The van der Waals surface area contributed by atoms with E-state index in [0.29, 0.717) is 17.3 Å². The number of anilines is 2. The number of aryl methyl sites for hydroxylation is 3. The average Bonchev–Trinajstić information content (AvgIpc) is 2.70. The lowest BCUT2D eigenvalue weighted by atomic mass is 10.1. The van der Waals surface area contributed by atoms with Gasteiger partial charge in [-0.25, -0.2) is 0 Å². The molecule has 0 aromatic heterocycles. The van der Waals surface area contributed by atoms with Crippen LogP contribution in [0.2, 0.25) is 5.02 Å². The Hall–Kier alpha value is -2.50. The lowest BCUT2D eigenvalue weighted by Crippen LogP contribution is -2.20. The number of carbonyl (C=O) groups excluding carboxylic acids is 1. The van der Waals surface area contributed by atoms with Crippen molar-refractivity contribution in [3.8, 4) is 5.75 Å². The van der Waals surface area contributed by atoms with E-state index in [1.54, 1.807) is 0 Å². The summed E-state index contributed by atoms with van der Waals surface area (Å²) >= 11 is 9.61. The number of amides is 1. The lowest BCUT2D eigenvalue weighted by Gasteiger charge is -2.13. The number of ether oxygens (including phenoxy) is 1. The van der Waals surface area contributed by atoms with Gasteiger partial charge in [0.15, 0.2) is 6.61 Å². The van der Waals surface area contributed by atoms with Crippen molar-refractivity contribution >= 4 is 44.8 Å². The highest BCUT2D eigenvalue weighted by atomic mass is 79.9. The molecule has 0 atom stereocenters. The van der Waals surface area contributed by atoms with Crippen molar-refractivity contribution in [3.05, 3.63) is 86.3 Å². The Balaban J connectivity index is 1.56. The number of hydrogen-bond donors (Lipinski definition) is 2. The summed E-state index contributed by atoms with van der Waals surface area (Å²) in [6.45, 7) is 6.57. The molecule has 0 heterocycles. The van der Waals surface area contributed by atoms with Gasteiger partial charge in [-0.2, -0.15) is 0 Å². The van der Waals surface area contributed by atoms with Gasteiger partial charge in [-0.15, -0.1) is 0 Å². The van der Waals surface area contributed by atoms with Crippen molar-refractivity contribution in [2.45, 2.75) is 27.3 Å². The minimum absolute atomic E-state index is 0.0642. The summed E-state index contributed by atoms with van der Waals surface area (Å²) < 4.78 is 6.49. The van der Waals surface area contributed by atoms with E-state index in [-0.39, 0.29) is 12.5 Å². The first-order valence-electron chi connectivity index (χ1n) is 9.60. The van der Waals surface area contributed by atoms with Gasteiger partial charge in [0.1, 0.15) is 5.75 Å². The highest BCUT2D eigenvalue weighted by Gasteiger charge is 2.09. The van der Waals surface area contributed by atoms with E-state index in [0.717, 1.165) is 38.1 Å². The standard InChI is InChI=1S/C24H24BrClN2O2/c1-15-4-5-17(3)22(10-15)28-24(29)14-30-23-9-7-18(11-20(23)25)13-27-21-12-19(26)8-6-16(21)2/h4-12,27H,13-14H2,1-3H3,(H,28,29). The van der Waals surface area contributed by atoms with Crippen molar-refractivity contribution in [2.24, 2.45) is 0 Å². The quantitative estimate of drug-likeness (QED) is 0.392. The van der Waals surface area contributed by atoms with E-state index >= 15 is 0 Å². The summed E-state index contributed by atoms with van der Waals surface area (Å²) in [6.07, 6.45) is 0. The van der Waals surface area contributed by atoms with Crippen LogP contribution in [-0.4, -0.2) is 12.5 Å². The van der Waals surface area contributed by atoms with Crippen LogP contribution in [0.15, 0.2) is 59.1 Å². The molecular weight excluding hydrogens is 464 g/mol. The molecule has 0 radical (unpaired) electrons. The fraction of sp³-hybridized carbons (Fsp3) is 0.208. The van der Waals surface area contributed by atoms with E-state index in [9.17, 15) is 4.79 Å². The third-order valence-electron chi connectivity index (χ3n) is 4.70. The molecule has 0 spiro atoms. The minimum Gasteiger partial charge on any atom is -0.483 e. The van der Waals surface area contributed by atoms with E-state index < -0.39 is 0 Å². The molecule has 0 saturated heterocycles. The maximum Gasteiger partial charge on any atom is 0.262 e. The van der Waals surface area contributed by atoms with Gasteiger partial charge in [-0.1, -0.05) is 35.9 Å². The molecule has 0 fully saturated rings. The highest BCUT2D eigenvalue weighted by molar-refractivity contribution is 9.10. The number of benzene rings is 3. The summed E-state index contributed by atoms with van der Waals surface area (Å²) in [7, 11) is 0. The van der Waals surface area contributed by atoms with Crippen LogP contribution in [0, 0.1) is 20.8 Å². The minimum atomic E-state index is -0.197. The summed E-state index contributed by atoms with van der Waals surface area (Å²) in [5, 5.41) is 7.00. The van der Waals surface area contributed by atoms with Crippen molar-refractivity contribution in [3.63, 3.8) is 0 Å². The maximum absolute atomic E-state index is 12.3. The van der Waals surface area contributed by atoms with Crippen molar-refractivity contribution < 1.29 is 9.53 Å². The van der Waals surface area contributed by atoms with Crippen LogP contribution in [0.25, 0.3) is 0 Å². The van der Waals surface area contributed by atoms with E-state index in [1.165, 1.54) is 0 Å². The molecule has 156 valence electrons. The molecule has 2 N–H and O–H groups in total. The van der Waals surface area contributed by atoms with Gasteiger partial charge < -0.3 is 15.4 Å². The van der Waals surface area contributed by atoms with Crippen LogP contribution in [0.1, 0.15) is 22.3 Å². The number of rotatable bonds is 7. The molecule has 3 rings (SSSR count). The number of nitrogens with one attached hydrogen (secondary N) is 2. The molecule has 4 nitrogen and oxygen atoms in total. The van der Waals surface area contributed by atoms with Crippen molar-refractivity contribution in [1.82, 2.24) is 0 Å². The molecule has 30 heavy (non-hydrogen) atoms. The number of carbonyl (C=O) groups is 1. The van der Waals surface area contributed by atoms with Gasteiger partial charge in [0.05, 0.1) is 4.47 Å². The van der Waals surface area contributed by atoms with Crippen molar-refractivity contribution in [2.75, 3.05) is 17.2 Å².